The third kappa shape index (κ3) is 19.4. The lowest BCUT2D eigenvalue weighted by molar-refractivity contribution is -0.114. The molecule has 1 aliphatic rings. The number of fused-ring (bicyclic) bond motifs is 1. The SMILES string of the molecule is C=C(/C=C(\C=C1/CN(C/C=C/Cn2c(NC)nc3cc(C=O)cc(OC/C=C/CN=C/C(=C\N)NCCC=O)c32)C(NC(=O)c2cc(C)nn2CC)=N1)C(N)=O)OC.CCn1nc(C)cc1C=O.CN.COC. The Labute approximate surface area is 426 Å². The molecule has 73 heavy (non-hydrogen) atoms. The van der Waals surface area contributed by atoms with Gasteiger partial charge in [0.05, 0.1) is 48.5 Å². The molecule has 0 spiro atoms. The molecule has 2 amide bonds. The van der Waals surface area contributed by atoms with Crippen LogP contribution in [0.15, 0.2) is 106 Å². The number of aromatic nitrogens is 6. The van der Waals surface area contributed by atoms with Crippen LogP contribution in [-0.4, -0.2) is 145 Å². The minimum atomic E-state index is -0.694. The first kappa shape index (κ1) is 60.7. The van der Waals surface area contributed by atoms with Crippen LogP contribution in [0.5, 0.6) is 5.75 Å². The van der Waals surface area contributed by atoms with Crippen molar-refractivity contribution in [1.82, 2.24) is 44.6 Å². The van der Waals surface area contributed by atoms with E-state index in [4.69, 9.17) is 25.9 Å². The number of anilines is 1. The van der Waals surface area contributed by atoms with E-state index in [1.807, 2.05) is 61.5 Å². The Hall–Kier alpha value is -8.44. The predicted molar refractivity (Wildman–Crippen MR) is 284 cm³/mol. The quantitative estimate of drug-likeness (QED) is 0.0111. The molecule has 0 aliphatic carbocycles. The molecule has 0 atom stereocenters. The lowest BCUT2D eigenvalue weighted by Gasteiger charge is -2.18. The van der Waals surface area contributed by atoms with Crippen molar-refractivity contribution < 1.29 is 38.2 Å². The van der Waals surface area contributed by atoms with Crippen LogP contribution < -0.4 is 37.9 Å². The number of nitrogens with one attached hydrogen (secondary N) is 3. The largest absolute Gasteiger partial charge is 0.497 e. The van der Waals surface area contributed by atoms with E-state index in [1.54, 1.807) is 61.1 Å². The summed E-state index contributed by atoms with van der Waals surface area (Å²) in [6, 6.07) is 6.83. The summed E-state index contributed by atoms with van der Waals surface area (Å²) in [6.45, 7) is 14.5. The number of primary amides is 1. The molecule has 0 radical (unpaired) electrons. The Balaban J connectivity index is 0.00000105. The predicted octanol–water partition coefficient (Wildman–Crippen LogP) is 3.37. The van der Waals surface area contributed by atoms with Gasteiger partial charge in [-0.25, -0.2) is 9.98 Å². The summed E-state index contributed by atoms with van der Waals surface area (Å²) >= 11 is 0. The minimum absolute atomic E-state index is 0.134. The first-order valence-electron chi connectivity index (χ1n) is 23.1. The number of hydrogen-bond acceptors (Lipinski definition) is 18. The van der Waals surface area contributed by atoms with Crippen LogP contribution in [-0.2, 0) is 38.7 Å². The van der Waals surface area contributed by atoms with Crippen LogP contribution in [0.3, 0.4) is 0 Å². The molecule has 1 aliphatic heterocycles. The highest BCUT2D eigenvalue weighted by atomic mass is 16.5. The van der Waals surface area contributed by atoms with E-state index in [2.05, 4.69) is 53.2 Å². The zero-order valence-electron chi connectivity index (χ0n) is 43.3. The molecule has 0 saturated heterocycles. The molecule has 3 aromatic heterocycles. The van der Waals surface area contributed by atoms with E-state index in [-0.39, 0.29) is 36.4 Å². The number of imidazole rings is 1. The zero-order chi connectivity index (χ0) is 54.3. The molecule has 23 heteroatoms. The van der Waals surface area contributed by atoms with Crippen LogP contribution in [0.25, 0.3) is 11.0 Å². The number of carbonyl (C=O) groups excluding carboxylic acids is 5. The average molecular weight is 1010 g/mol. The van der Waals surface area contributed by atoms with Gasteiger partial charge in [0.2, 0.25) is 17.8 Å². The number of allylic oxidation sites excluding steroid dienone is 3. The first-order valence-corrected chi connectivity index (χ1v) is 23.1. The van der Waals surface area contributed by atoms with Crippen molar-refractivity contribution >= 4 is 59.8 Å². The van der Waals surface area contributed by atoms with Gasteiger partial charge in [0.25, 0.3) is 5.91 Å². The number of rotatable bonds is 24. The lowest BCUT2D eigenvalue weighted by atomic mass is 10.2. The fourth-order valence-electron chi connectivity index (χ4n) is 6.59. The summed E-state index contributed by atoms with van der Waals surface area (Å²) in [5.41, 5.74) is 21.2. The monoisotopic (exact) mass is 1010 g/mol. The van der Waals surface area contributed by atoms with Gasteiger partial charge in [-0.3, -0.25) is 38.9 Å². The molecule has 394 valence electrons. The highest BCUT2D eigenvalue weighted by Crippen LogP contribution is 2.30. The van der Waals surface area contributed by atoms with Gasteiger partial charge >= 0.3 is 0 Å². The van der Waals surface area contributed by atoms with Gasteiger partial charge < -0.3 is 56.3 Å². The second kappa shape index (κ2) is 33.2. The standard InChI is InChI=1S/C40H50N12O6.C7H10N2O.C2H6O.CH5N/c1-6-52-34(18-27(2)49-52)38(56)48-40-46-31(22-30(37(42)55)19-28(3)57-5)25-50(40)14-8-9-15-51-36-33(47-39(51)43-4)20-29(26-54)21-35(36)58-17-10-7-12-44-24-32(23-41)45-13-11-16-53;1-3-9-7(5-10)4-6(2)8-9;1-3-2;1-2/h7-10,16,18-24,26,45H,3,6,11-15,17,25,41H2,1-2,4-5H3,(H2,42,55)(H,43,47)(H,46,48,56);4-5H,3H2,1-2H3;1-2H3;2H2,1H3/b9-8+,10-7+,30-19+,31-22+,32-23+,44-24?;;;. The Morgan fingerprint density at radius 2 is 1.62 bits per heavy atom. The number of carbonyl (C=O) groups is 5. The zero-order valence-corrected chi connectivity index (χ0v) is 43.3. The number of amides is 2. The summed E-state index contributed by atoms with van der Waals surface area (Å²) in [4.78, 5) is 73.9. The molecular formula is C50H71N15O8. The molecule has 0 saturated carbocycles. The third-order valence-corrected chi connectivity index (χ3v) is 9.78. The van der Waals surface area contributed by atoms with Crippen molar-refractivity contribution in [2.45, 2.75) is 53.8 Å². The number of aliphatic imine (C=N–C) groups is 2. The number of methoxy groups -OCH3 is 2. The molecule has 0 unspecified atom stereocenters. The first-order chi connectivity index (χ1) is 35.2. The average Bonchev–Trinajstić information content (AvgIpc) is 4.17. The number of nitrogens with two attached hydrogens (primary N) is 3. The molecular weight excluding hydrogens is 939 g/mol. The molecule has 5 rings (SSSR count). The van der Waals surface area contributed by atoms with E-state index in [0.29, 0.717) is 95.9 Å². The van der Waals surface area contributed by atoms with Gasteiger partial charge in [-0.2, -0.15) is 10.2 Å². The fourth-order valence-corrected chi connectivity index (χ4v) is 6.59. The summed E-state index contributed by atoms with van der Waals surface area (Å²) in [6.07, 6.45) is 16.2. The Kier molecular flexibility index (Phi) is 27.6. The number of benzene rings is 1. The number of hydrogen-bond donors (Lipinski definition) is 6. The molecule has 23 nitrogen and oxygen atoms in total. The van der Waals surface area contributed by atoms with E-state index in [1.165, 1.54) is 32.5 Å². The molecule has 0 bridgehead atoms. The van der Waals surface area contributed by atoms with Crippen molar-refractivity contribution in [2.24, 2.45) is 27.2 Å². The van der Waals surface area contributed by atoms with Gasteiger partial charge in [0.15, 0.2) is 6.29 Å². The van der Waals surface area contributed by atoms with Crippen LogP contribution in [0, 0.1) is 13.8 Å². The molecule has 4 aromatic rings. The van der Waals surface area contributed by atoms with Crippen LogP contribution in [0.4, 0.5) is 5.95 Å². The van der Waals surface area contributed by atoms with E-state index in [0.717, 1.165) is 31.1 Å². The number of ether oxygens (including phenoxy) is 3. The van der Waals surface area contributed by atoms with Crippen LogP contribution in [0.1, 0.15) is 63.0 Å². The molecule has 4 heterocycles. The Morgan fingerprint density at radius 1 is 0.932 bits per heavy atom. The third-order valence-electron chi connectivity index (χ3n) is 9.78. The van der Waals surface area contributed by atoms with E-state index < -0.39 is 5.91 Å². The van der Waals surface area contributed by atoms with Gasteiger partial charge in [-0.15, -0.1) is 0 Å². The summed E-state index contributed by atoms with van der Waals surface area (Å²) in [5, 5.41) is 17.5. The van der Waals surface area contributed by atoms with Crippen LogP contribution >= 0.6 is 0 Å². The second-order valence-corrected chi connectivity index (χ2v) is 15.1. The highest BCUT2D eigenvalue weighted by Gasteiger charge is 2.25. The summed E-state index contributed by atoms with van der Waals surface area (Å²) < 4.78 is 20.7. The fraction of sp³-hybridized carbons (Fsp3) is 0.360. The number of guanidine groups is 1. The Bertz CT molecular complexity index is 2680. The van der Waals surface area contributed by atoms with Crippen molar-refractivity contribution in [2.75, 3.05) is 73.5 Å². The van der Waals surface area contributed by atoms with Crippen LogP contribution in [0.2, 0.25) is 0 Å². The van der Waals surface area contributed by atoms with Crippen molar-refractivity contribution in [3.63, 3.8) is 0 Å². The maximum absolute atomic E-state index is 13.4. The molecule has 9 N–H and O–H groups in total. The number of aryl methyl sites for hydroxylation is 4. The molecule has 0 fully saturated rings. The molecule has 1 aromatic carbocycles. The maximum atomic E-state index is 13.4. The van der Waals surface area contributed by atoms with Gasteiger partial charge in [0.1, 0.15) is 47.6 Å². The lowest BCUT2D eigenvalue weighted by Crippen LogP contribution is -2.42. The highest BCUT2D eigenvalue weighted by molar-refractivity contribution is 6.06. The Morgan fingerprint density at radius 3 is 2.22 bits per heavy atom. The maximum Gasteiger partial charge on any atom is 0.276 e. The van der Waals surface area contributed by atoms with Gasteiger partial charge in [-0.05, 0) is 77.2 Å². The smallest absolute Gasteiger partial charge is 0.276 e. The normalized spacial score (nSPS) is 12.9. The van der Waals surface area contributed by atoms with E-state index in [9.17, 15) is 24.0 Å². The number of aldehydes is 3. The second-order valence-electron chi connectivity index (χ2n) is 15.1. The van der Waals surface area contributed by atoms with Crippen molar-refractivity contribution in [3.8, 4) is 5.75 Å². The van der Waals surface area contributed by atoms with Gasteiger partial charge in [0, 0.05) is 84.0 Å². The van der Waals surface area contributed by atoms with Gasteiger partial charge in [-0.1, -0.05) is 24.8 Å². The van der Waals surface area contributed by atoms with E-state index >= 15 is 0 Å². The number of nitrogens with zero attached hydrogens (tertiary/aromatic N) is 9. The summed E-state index contributed by atoms with van der Waals surface area (Å²) in [7, 11) is 7.93. The van der Waals surface area contributed by atoms with Crippen molar-refractivity contribution in [3.05, 3.63) is 125 Å². The topological polar surface area (TPSA) is 309 Å². The van der Waals surface area contributed by atoms with Crippen molar-refractivity contribution in [1.29, 1.82) is 0 Å². The minimum Gasteiger partial charge on any atom is -0.497 e. The summed E-state index contributed by atoms with van der Waals surface area (Å²) in [5.74, 6) is 0.447.